The minimum Gasteiger partial charge on any atom is -0.489 e. The Bertz CT molecular complexity index is 449. The molecule has 0 atom stereocenters. The number of benzene rings is 1. The standard InChI is InChI=1S/C11H11IO5S/c12-8-5-7(11(14)15)1-2-9(8)16-3-4-17-10(13)6-18/h1-2,5,18H,3-4,6H2,(H,14,15). The largest absolute Gasteiger partial charge is 0.489 e. The van der Waals surface area contributed by atoms with Crippen LogP contribution >= 0.6 is 35.2 Å². The zero-order chi connectivity index (χ0) is 13.5. The lowest BCUT2D eigenvalue weighted by Crippen LogP contribution is -2.13. The lowest BCUT2D eigenvalue weighted by Gasteiger charge is -2.09. The molecule has 0 bridgehead atoms. The number of carboxylic acids is 1. The number of carbonyl (C=O) groups excluding carboxylic acids is 1. The van der Waals surface area contributed by atoms with Crippen LogP contribution in [0.4, 0.5) is 0 Å². The second kappa shape index (κ2) is 7.47. The van der Waals surface area contributed by atoms with Gasteiger partial charge in [0.1, 0.15) is 19.0 Å². The van der Waals surface area contributed by atoms with Gasteiger partial charge in [-0.15, -0.1) is 0 Å². The van der Waals surface area contributed by atoms with E-state index in [0.717, 1.165) is 0 Å². The molecule has 1 rings (SSSR count). The van der Waals surface area contributed by atoms with E-state index in [1.807, 2.05) is 22.6 Å². The van der Waals surface area contributed by atoms with Gasteiger partial charge in [-0.1, -0.05) is 0 Å². The first kappa shape index (κ1) is 15.1. The Kier molecular flexibility index (Phi) is 6.27. The summed E-state index contributed by atoms with van der Waals surface area (Å²) < 4.78 is 10.8. The van der Waals surface area contributed by atoms with Crippen molar-refractivity contribution in [1.29, 1.82) is 0 Å². The van der Waals surface area contributed by atoms with Crippen LogP contribution in [0.15, 0.2) is 18.2 Å². The minimum atomic E-state index is -0.984. The maximum absolute atomic E-state index is 10.8. The third-order valence-corrected chi connectivity index (χ3v) is 3.01. The lowest BCUT2D eigenvalue weighted by molar-refractivity contribution is -0.141. The summed E-state index contributed by atoms with van der Waals surface area (Å²) in [7, 11) is 0. The van der Waals surface area contributed by atoms with Crippen molar-refractivity contribution >= 4 is 47.2 Å². The molecule has 0 saturated heterocycles. The van der Waals surface area contributed by atoms with Crippen LogP contribution < -0.4 is 4.74 Å². The molecule has 98 valence electrons. The number of halogens is 1. The van der Waals surface area contributed by atoms with Gasteiger partial charge >= 0.3 is 11.9 Å². The van der Waals surface area contributed by atoms with Crippen molar-refractivity contribution in [3.8, 4) is 5.75 Å². The average Bonchev–Trinajstić information content (AvgIpc) is 2.35. The van der Waals surface area contributed by atoms with Gasteiger partial charge in [0.05, 0.1) is 14.9 Å². The monoisotopic (exact) mass is 382 g/mol. The van der Waals surface area contributed by atoms with E-state index in [0.29, 0.717) is 9.32 Å². The first-order valence-corrected chi connectivity index (χ1v) is 6.68. The maximum atomic E-state index is 10.8. The van der Waals surface area contributed by atoms with Gasteiger partial charge in [0, 0.05) is 0 Å². The molecule has 0 amide bonds. The van der Waals surface area contributed by atoms with Crippen LogP contribution in [-0.4, -0.2) is 36.0 Å². The Morgan fingerprint density at radius 2 is 2.06 bits per heavy atom. The number of esters is 1. The van der Waals surface area contributed by atoms with Crippen LogP contribution in [0.2, 0.25) is 0 Å². The third-order valence-electron chi connectivity index (χ3n) is 1.91. The first-order valence-electron chi connectivity index (χ1n) is 4.96. The van der Waals surface area contributed by atoms with E-state index in [1.165, 1.54) is 12.1 Å². The summed E-state index contributed by atoms with van der Waals surface area (Å²) in [4.78, 5) is 21.5. The lowest BCUT2D eigenvalue weighted by atomic mass is 10.2. The highest BCUT2D eigenvalue weighted by Crippen LogP contribution is 2.22. The van der Waals surface area contributed by atoms with Crippen LogP contribution in [0, 0.1) is 3.57 Å². The van der Waals surface area contributed by atoms with Crippen molar-refractivity contribution in [1.82, 2.24) is 0 Å². The van der Waals surface area contributed by atoms with Gasteiger partial charge in [-0.2, -0.15) is 12.6 Å². The van der Waals surface area contributed by atoms with Crippen LogP contribution in [0.5, 0.6) is 5.75 Å². The van der Waals surface area contributed by atoms with Crippen LogP contribution in [0.1, 0.15) is 10.4 Å². The summed E-state index contributed by atoms with van der Waals surface area (Å²) in [6.45, 7) is 0.345. The SMILES string of the molecule is O=C(CS)OCCOc1ccc(C(=O)O)cc1I. The van der Waals surface area contributed by atoms with Crippen LogP contribution in [0.3, 0.4) is 0 Å². The molecule has 7 heteroatoms. The molecule has 1 aromatic rings. The Morgan fingerprint density at radius 3 is 2.61 bits per heavy atom. The molecule has 0 saturated carbocycles. The summed E-state index contributed by atoms with van der Waals surface area (Å²) in [5.41, 5.74) is 0.202. The quantitative estimate of drug-likeness (QED) is 0.340. The number of hydrogen-bond donors (Lipinski definition) is 2. The van der Waals surface area contributed by atoms with Crippen molar-refractivity contribution < 1.29 is 24.2 Å². The second-order valence-electron chi connectivity index (χ2n) is 3.18. The highest BCUT2D eigenvalue weighted by atomic mass is 127. The van der Waals surface area contributed by atoms with Gasteiger partial charge in [0.15, 0.2) is 0 Å². The van der Waals surface area contributed by atoms with Crippen LogP contribution in [0.25, 0.3) is 0 Å². The fourth-order valence-electron chi connectivity index (χ4n) is 1.10. The number of carboxylic acid groups (broad SMARTS) is 1. The zero-order valence-electron chi connectivity index (χ0n) is 9.26. The topological polar surface area (TPSA) is 72.8 Å². The molecule has 0 aromatic heterocycles. The van der Waals surface area contributed by atoms with E-state index in [4.69, 9.17) is 14.6 Å². The predicted octanol–water partition coefficient (Wildman–Crippen LogP) is 1.84. The summed E-state index contributed by atoms with van der Waals surface area (Å²) >= 11 is 5.75. The summed E-state index contributed by atoms with van der Waals surface area (Å²) in [6.07, 6.45) is 0. The average molecular weight is 382 g/mol. The van der Waals surface area contributed by atoms with Gasteiger partial charge in [-0.05, 0) is 40.8 Å². The molecule has 0 fully saturated rings. The number of rotatable bonds is 6. The van der Waals surface area contributed by atoms with E-state index in [2.05, 4.69) is 12.6 Å². The maximum Gasteiger partial charge on any atom is 0.335 e. The highest BCUT2D eigenvalue weighted by molar-refractivity contribution is 14.1. The molecule has 0 radical (unpaired) electrons. The molecule has 1 N–H and O–H groups in total. The Morgan fingerprint density at radius 1 is 1.33 bits per heavy atom. The van der Waals surface area contributed by atoms with E-state index in [1.54, 1.807) is 6.07 Å². The summed E-state index contributed by atoms with van der Waals surface area (Å²) in [5, 5.41) is 8.79. The zero-order valence-corrected chi connectivity index (χ0v) is 12.3. The number of aromatic carboxylic acids is 1. The predicted molar refractivity (Wildman–Crippen MR) is 76.4 cm³/mol. The summed E-state index contributed by atoms with van der Waals surface area (Å²) in [6, 6.07) is 4.54. The minimum absolute atomic E-state index is 0.0326. The number of thiol groups is 1. The fourth-order valence-corrected chi connectivity index (χ4v) is 1.87. The van der Waals surface area contributed by atoms with Gasteiger partial charge < -0.3 is 14.6 Å². The molecule has 0 aliphatic carbocycles. The van der Waals surface area contributed by atoms with E-state index < -0.39 is 11.9 Å². The fraction of sp³-hybridized carbons (Fsp3) is 0.273. The molecule has 0 heterocycles. The van der Waals surface area contributed by atoms with Crippen molar-refractivity contribution in [2.24, 2.45) is 0 Å². The van der Waals surface area contributed by atoms with Crippen molar-refractivity contribution in [3.63, 3.8) is 0 Å². The van der Waals surface area contributed by atoms with Crippen molar-refractivity contribution in [3.05, 3.63) is 27.3 Å². The van der Waals surface area contributed by atoms with E-state index in [-0.39, 0.29) is 24.5 Å². The molecule has 0 spiro atoms. The Hall–Kier alpha value is -0.960. The second-order valence-corrected chi connectivity index (χ2v) is 4.66. The van der Waals surface area contributed by atoms with Gasteiger partial charge in [0.2, 0.25) is 0 Å². The molecule has 0 aliphatic rings. The first-order chi connectivity index (χ1) is 8.54. The number of hydrogen-bond acceptors (Lipinski definition) is 5. The molecule has 0 aliphatic heterocycles. The Labute approximate surface area is 123 Å². The van der Waals surface area contributed by atoms with Gasteiger partial charge in [-0.3, -0.25) is 4.79 Å². The molecule has 18 heavy (non-hydrogen) atoms. The summed E-state index contributed by atoms with van der Waals surface area (Å²) in [5.74, 6) is -0.798. The molecular weight excluding hydrogens is 371 g/mol. The smallest absolute Gasteiger partial charge is 0.335 e. The molecule has 1 aromatic carbocycles. The van der Waals surface area contributed by atoms with Gasteiger partial charge in [0.25, 0.3) is 0 Å². The van der Waals surface area contributed by atoms with Crippen molar-refractivity contribution in [2.45, 2.75) is 0 Å². The van der Waals surface area contributed by atoms with Crippen LogP contribution in [-0.2, 0) is 9.53 Å². The van der Waals surface area contributed by atoms with E-state index >= 15 is 0 Å². The Balaban J connectivity index is 2.48. The van der Waals surface area contributed by atoms with Gasteiger partial charge in [-0.25, -0.2) is 4.79 Å². The number of carbonyl (C=O) groups is 2. The molecule has 5 nitrogen and oxygen atoms in total. The normalized spacial score (nSPS) is 9.89. The van der Waals surface area contributed by atoms with Crippen molar-refractivity contribution in [2.75, 3.05) is 19.0 Å². The highest BCUT2D eigenvalue weighted by Gasteiger charge is 2.07. The molecular formula is C11H11IO5S. The molecule has 0 unspecified atom stereocenters. The number of ether oxygens (including phenoxy) is 2. The third kappa shape index (κ3) is 4.73. The van der Waals surface area contributed by atoms with E-state index in [9.17, 15) is 9.59 Å².